The zero-order valence-electron chi connectivity index (χ0n) is 15.4. The minimum atomic E-state index is 0.0903. The molecule has 1 fully saturated rings. The number of aromatic amines is 1. The van der Waals surface area contributed by atoms with Gasteiger partial charge < -0.3 is 10.2 Å². The van der Waals surface area contributed by atoms with Gasteiger partial charge in [-0.2, -0.15) is 10.2 Å². The number of likely N-dealkylation sites (N-methyl/N-ethyl adjacent to an activating group) is 1. The first-order chi connectivity index (χ1) is 12.1. The number of aryl methyl sites for hydroxylation is 2. The van der Waals surface area contributed by atoms with E-state index in [2.05, 4.69) is 20.6 Å². The second-order valence-electron chi connectivity index (χ2n) is 6.93. The van der Waals surface area contributed by atoms with Crippen molar-refractivity contribution >= 4 is 5.91 Å². The monoisotopic (exact) mass is 344 g/mol. The van der Waals surface area contributed by atoms with Crippen LogP contribution in [0.5, 0.6) is 0 Å². The summed E-state index contributed by atoms with van der Waals surface area (Å²) in [5.74, 6) is 0.540. The molecule has 0 aromatic carbocycles. The van der Waals surface area contributed by atoms with E-state index in [4.69, 9.17) is 0 Å². The van der Waals surface area contributed by atoms with Gasteiger partial charge in [0.25, 0.3) is 0 Å². The quantitative estimate of drug-likeness (QED) is 0.830. The molecule has 1 amide bonds. The van der Waals surface area contributed by atoms with Crippen LogP contribution in [0.2, 0.25) is 0 Å². The lowest BCUT2D eigenvalue weighted by Crippen LogP contribution is -2.34. The van der Waals surface area contributed by atoms with Crippen molar-refractivity contribution in [3.05, 3.63) is 34.9 Å². The van der Waals surface area contributed by atoms with E-state index < -0.39 is 0 Å². The molecule has 25 heavy (non-hydrogen) atoms. The molecule has 0 bridgehead atoms. The third-order valence-electron chi connectivity index (χ3n) is 5.15. The van der Waals surface area contributed by atoms with Gasteiger partial charge in [-0.05, 0) is 51.3 Å². The third kappa shape index (κ3) is 4.10. The molecular weight excluding hydrogens is 316 g/mol. The summed E-state index contributed by atoms with van der Waals surface area (Å²) in [4.78, 5) is 14.4. The van der Waals surface area contributed by atoms with Crippen LogP contribution in [0.25, 0.3) is 0 Å². The van der Waals surface area contributed by atoms with Crippen LogP contribution in [0, 0.1) is 13.8 Å². The number of nitrogens with zero attached hydrogens (tertiary/aromatic N) is 4. The number of carbonyl (C=O) groups excluding carboxylic acids is 1. The van der Waals surface area contributed by atoms with E-state index in [1.807, 2.05) is 31.6 Å². The van der Waals surface area contributed by atoms with Gasteiger partial charge in [-0.1, -0.05) is 0 Å². The Kier molecular flexibility index (Phi) is 5.53. The molecule has 1 aliphatic rings. The van der Waals surface area contributed by atoms with Crippen molar-refractivity contribution in [2.75, 3.05) is 26.7 Å². The molecule has 0 unspecified atom stereocenters. The molecule has 1 aliphatic heterocycles. The van der Waals surface area contributed by atoms with E-state index in [0.717, 1.165) is 43.0 Å². The van der Waals surface area contributed by atoms with Crippen LogP contribution in [0.4, 0.5) is 0 Å². The zero-order chi connectivity index (χ0) is 17.8. The van der Waals surface area contributed by atoms with E-state index >= 15 is 0 Å². The molecule has 1 atom stereocenters. The topological polar surface area (TPSA) is 78.8 Å². The minimum Gasteiger partial charge on any atom is -0.344 e. The van der Waals surface area contributed by atoms with E-state index in [0.29, 0.717) is 19.0 Å². The second-order valence-corrected chi connectivity index (χ2v) is 6.93. The number of aromatic nitrogens is 4. The van der Waals surface area contributed by atoms with Gasteiger partial charge in [0.1, 0.15) is 6.54 Å². The molecule has 1 saturated heterocycles. The number of carbonyl (C=O) groups is 1. The van der Waals surface area contributed by atoms with Crippen LogP contribution in [-0.2, 0) is 17.8 Å². The van der Waals surface area contributed by atoms with Crippen molar-refractivity contribution in [1.82, 2.24) is 30.2 Å². The Hall–Kier alpha value is -2.15. The number of piperidine rings is 1. The van der Waals surface area contributed by atoms with Crippen LogP contribution in [0.1, 0.15) is 41.4 Å². The van der Waals surface area contributed by atoms with Crippen LogP contribution >= 0.6 is 0 Å². The van der Waals surface area contributed by atoms with Crippen molar-refractivity contribution in [2.24, 2.45) is 0 Å². The number of nitrogens with one attached hydrogen (secondary N) is 2. The van der Waals surface area contributed by atoms with E-state index in [-0.39, 0.29) is 5.91 Å². The molecule has 3 heterocycles. The zero-order valence-corrected chi connectivity index (χ0v) is 15.4. The van der Waals surface area contributed by atoms with E-state index in [1.54, 1.807) is 11.1 Å². The molecule has 2 aromatic rings. The van der Waals surface area contributed by atoms with Gasteiger partial charge in [0.15, 0.2) is 0 Å². The number of H-pyrrole nitrogens is 1. The first kappa shape index (κ1) is 17.7. The predicted octanol–water partition coefficient (Wildman–Crippen LogP) is 1.39. The lowest BCUT2D eigenvalue weighted by Gasteiger charge is -2.24. The summed E-state index contributed by atoms with van der Waals surface area (Å²) in [6, 6.07) is 2.04. The molecule has 0 aliphatic carbocycles. The summed E-state index contributed by atoms with van der Waals surface area (Å²) in [7, 11) is 1.86. The minimum absolute atomic E-state index is 0.0903. The summed E-state index contributed by atoms with van der Waals surface area (Å²) in [6.07, 6.45) is 4.94. The summed E-state index contributed by atoms with van der Waals surface area (Å²) in [5.41, 5.74) is 4.46. The molecule has 0 spiro atoms. The second kappa shape index (κ2) is 7.82. The molecule has 2 aromatic heterocycles. The summed E-state index contributed by atoms with van der Waals surface area (Å²) in [5, 5.41) is 15.0. The fraction of sp³-hybridized carbons (Fsp3) is 0.611. The maximum atomic E-state index is 12.6. The molecular formula is C18H28N6O. The van der Waals surface area contributed by atoms with Gasteiger partial charge >= 0.3 is 0 Å². The highest BCUT2D eigenvalue weighted by atomic mass is 16.2. The fourth-order valence-electron chi connectivity index (χ4n) is 3.52. The van der Waals surface area contributed by atoms with Gasteiger partial charge in [0.2, 0.25) is 5.91 Å². The molecule has 0 saturated carbocycles. The summed E-state index contributed by atoms with van der Waals surface area (Å²) >= 11 is 0. The Bertz CT molecular complexity index is 693. The lowest BCUT2D eigenvalue weighted by molar-refractivity contribution is -0.130. The van der Waals surface area contributed by atoms with Gasteiger partial charge in [-0.3, -0.25) is 14.6 Å². The van der Waals surface area contributed by atoms with Crippen molar-refractivity contribution < 1.29 is 4.79 Å². The number of hydrogen-bond acceptors (Lipinski definition) is 4. The van der Waals surface area contributed by atoms with Crippen LogP contribution in [0.3, 0.4) is 0 Å². The first-order valence-electron chi connectivity index (χ1n) is 9.03. The average Bonchev–Trinajstić information content (AvgIpc) is 3.20. The van der Waals surface area contributed by atoms with Gasteiger partial charge in [0, 0.05) is 43.6 Å². The number of hydrogen-bond donors (Lipinski definition) is 2. The van der Waals surface area contributed by atoms with Crippen molar-refractivity contribution in [3.63, 3.8) is 0 Å². The van der Waals surface area contributed by atoms with Crippen LogP contribution < -0.4 is 5.32 Å². The Morgan fingerprint density at radius 3 is 2.96 bits per heavy atom. The Morgan fingerprint density at radius 2 is 2.28 bits per heavy atom. The highest BCUT2D eigenvalue weighted by molar-refractivity contribution is 5.75. The highest BCUT2D eigenvalue weighted by Gasteiger charge is 2.21. The Labute approximate surface area is 148 Å². The van der Waals surface area contributed by atoms with Crippen LogP contribution in [0.15, 0.2) is 12.3 Å². The Morgan fingerprint density at radius 1 is 1.44 bits per heavy atom. The smallest absolute Gasteiger partial charge is 0.244 e. The standard InChI is InChI=1S/C18H28N6O/c1-13-16(14(2)22-21-13)7-10-23(3)18(25)12-24-17(6-9-20-24)15-5-4-8-19-11-15/h6,9,15,19H,4-5,7-8,10-12H2,1-3H3,(H,21,22)/t15-/m0/s1. The van der Waals surface area contributed by atoms with Crippen molar-refractivity contribution in [1.29, 1.82) is 0 Å². The third-order valence-corrected chi connectivity index (χ3v) is 5.15. The highest BCUT2D eigenvalue weighted by Crippen LogP contribution is 2.22. The van der Waals surface area contributed by atoms with E-state index in [1.165, 1.54) is 12.0 Å². The number of amides is 1. The summed E-state index contributed by atoms with van der Waals surface area (Å²) < 4.78 is 1.87. The first-order valence-corrected chi connectivity index (χ1v) is 9.03. The molecule has 7 heteroatoms. The van der Waals surface area contributed by atoms with Crippen LogP contribution in [-0.4, -0.2) is 57.5 Å². The maximum Gasteiger partial charge on any atom is 0.244 e. The van der Waals surface area contributed by atoms with Gasteiger partial charge in [0.05, 0.1) is 5.69 Å². The maximum absolute atomic E-state index is 12.6. The van der Waals surface area contributed by atoms with Gasteiger partial charge in [-0.25, -0.2) is 0 Å². The number of rotatable bonds is 6. The molecule has 0 radical (unpaired) electrons. The van der Waals surface area contributed by atoms with E-state index in [9.17, 15) is 4.79 Å². The molecule has 7 nitrogen and oxygen atoms in total. The lowest BCUT2D eigenvalue weighted by atomic mass is 9.96. The SMILES string of the molecule is Cc1n[nH]c(C)c1CCN(C)C(=O)Cn1nccc1[C@H]1CCCNC1. The molecule has 2 N–H and O–H groups in total. The molecule has 3 rings (SSSR count). The fourth-order valence-corrected chi connectivity index (χ4v) is 3.52. The van der Waals surface area contributed by atoms with Gasteiger partial charge in [-0.15, -0.1) is 0 Å². The predicted molar refractivity (Wildman–Crippen MR) is 96.5 cm³/mol. The van der Waals surface area contributed by atoms with Crippen molar-refractivity contribution in [2.45, 2.75) is 45.6 Å². The Balaban J connectivity index is 1.57. The largest absolute Gasteiger partial charge is 0.344 e. The normalized spacial score (nSPS) is 17.6. The molecule has 136 valence electrons. The van der Waals surface area contributed by atoms with Crippen molar-refractivity contribution in [3.8, 4) is 0 Å². The average molecular weight is 344 g/mol. The summed E-state index contributed by atoms with van der Waals surface area (Å²) in [6.45, 7) is 7.05.